The first-order valence-electron chi connectivity index (χ1n) is 21.6. The molecule has 352 valence electrons. The molecule has 1 amide bonds. The number of amides is 1. The van der Waals surface area contributed by atoms with Gasteiger partial charge in [0, 0.05) is 78.5 Å². The van der Waals surface area contributed by atoms with Gasteiger partial charge in [-0.15, -0.1) is 0 Å². The first-order chi connectivity index (χ1) is 29.2. The van der Waals surface area contributed by atoms with Crippen LogP contribution < -0.4 is 10.6 Å². The summed E-state index contributed by atoms with van der Waals surface area (Å²) < 4.78 is 44.2. The fourth-order valence-electron chi connectivity index (χ4n) is 5.77. The summed E-state index contributed by atoms with van der Waals surface area (Å²) in [5.74, 6) is -1.17. The molecule has 0 atom stereocenters. The number of rotatable bonds is 39. The van der Waals surface area contributed by atoms with Crippen LogP contribution >= 0.6 is 0 Å². The predicted molar refractivity (Wildman–Crippen MR) is 223 cm³/mol. The van der Waals surface area contributed by atoms with Crippen molar-refractivity contribution in [2.45, 2.75) is 33.1 Å². The number of ether oxygens (including phenoxy) is 8. The van der Waals surface area contributed by atoms with Crippen molar-refractivity contribution in [1.82, 2.24) is 30.2 Å². The number of aldehydes is 1. The lowest BCUT2D eigenvalue weighted by atomic mass is 10.1. The van der Waals surface area contributed by atoms with Crippen LogP contribution in [0.3, 0.4) is 0 Å². The minimum absolute atomic E-state index is 0.0761. The van der Waals surface area contributed by atoms with Crippen molar-refractivity contribution < 1.29 is 67.3 Å². The Labute approximate surface area is 357 Å². The number of aliphatic carboxylic acids is 2. The summed E-state index contributed by atoms with van der Waals surface area (Å²) in [7, 11) is 0. The third-order valence-corrected chi connectivity index (χ3v) is 9.10. The van der Waals surface area contributed by atoms with E-state index < -0.39 is 11.9 Å². The highest BCUT2D eigenvalue weighted by Gasteiger charge is 2.19. The molecule has 0 spiro atoms. The second-order valence-corrected chi connectivity index (χ2v) is 14.6. The maximum Gasteiger partial charge on any atom is 0.317 e. The second-order valence-electron chi connectivity index (χ2n) is 14.6. The summed E-state index contributed by atoms with van der Waals surface area (Å²) >= 11 is 0. The van der Waals surface area contributed by atoms with Crippen LogP contribution in [0.25, 0.3) is 0 Å². The van der Waals surface area contributed by atoms with Crippen LogP contribution in [0, 0.1) is 5.92 Å². The van der Waals surface area contributed by atoms with Gasteiger partial charge in [-0.25, -0.2) is 0 Å². The first-order valence-corrected chi connectivity index (χ1v) is 21.6. The highest BCUT2D eigenvalue weighted by molar-refractivity contribution is 5.75. The smallest absolute Gasteiger partial charge is 0.317 e. The number of carbonyl (C=O) groups excluding carboxylic acids is 2. The predicted octanol–water partition coefficient (Wildman–Crippen LogP) is -0.802. The van der Waals surface area contributed by atoms with Gasteiger partial charge in [0.1, 0.15) is 6.29 Å². The topological polar surface area (TPSA) is 220 Å². The van der Waals surface area contributed by atoms with Crippen LogP contribution in [0.5, 0.6) is 0 Å². The number of nitrogens with one attached hydrogen (secondary N) is 2. The number of carboxylic acids is 2. The maximum atomic E-state index is 11.7. The number of hydrogen-bond donors (Lipinski definition) is 4. The molecule has 1 rings (SSSR count). The van der Waals surface area contributed by atoms with Crippen LogP contribution in [0.15, 0.2) is 0 Å². The lowest BCUT2D eigenvalue weighted by molar-refractivity contribution is -0.140. The van der Waals surface area contributed by atoms with Crippen molar-refractivity contribution in [3.8, 4) is 0 Å². The van der Waals surface area contributed by atoms with Gasteiger partial charge in [-0.2, -0.15) is 0 Å². The van der Waals surface area contributed by atoms with E-state index in [-0.39, 0.29) is 25.5 Å². The molecular weight excluding hydrogens is 788 g/mol. The lowest BCUT2D eigenvalue weighted by Gasteiger charge is -2.33. The van der Waals surface area contributed by atoms with Crippen LogP contribution in [0.1, 0.15) is 33.1 Å². The molecule has 1 saturated heterocycles. The fraction of sp³-hybridized carbons (Fsp3) is 0.900. The Bertz CT molecular complexity index is 1050. The van der Waals surface area contributed by atoms with E-state index in [1.165, 1.54) is 0 Å². The van der Waals surface area contributed by atoms with Crippen molar-refractivity contribution in [2.75, 3.05) is 197 Å². The molecule has 0 radical (unpaired) electrons. The third-order valence-electron chi connectivity index (χ3n) is 9.10. The largest absolute Gasteiger partial charge is 0.480 e. The van der Waals surface area contributed by atoms with Gasteiger partial charge in [0.25, 0.3) is 0 Å². The maximum absolute atomic E-state index is 11.7. The minimum Gasteiger partial charge on any atom is -0.480 e. The van der Waals surface area contributed by atoms with Gasteiger partial charge < -0.3 is 63.5 Å². The zero-order valence-corrected chi connectivity index (χ0v) is 36.6. The Morgan fingerprint density at radius 1 is 0.533 bits per heavy atom. The Morgan fingerprint density at radius 3 is 1.25 bits per heavy atom. The van der Waals surface area contributed by atoms with Gasteiger partial charge in [0.15, 0.2) is 0 Å². The monoisotopic (exact) mass is 867 g/mol. The Morgan fingerprint density at radius 2 is 0.883 bits per heavy atom. The van der Waals surface area contributed by atoms with E-state index in [4.69, 9.17) is 37.9 Å². The highest BCUT2D eigenvalue weighted by atomic mass is 16.6. The van der Waals surface area contributed by atoms with Crippen molar-refractivity contribution in [2.24, 2.45) is 5.92 Å². The van der Waals surface area contributed by atoms with E-state index in [2.05, 4.69) is 29.4 Å². The second kappa shape index (κ2) is 40.6. The van der Waals surface area contributed by atoms with Crippen molar-refractivity contribution in [3.05, 3.63) is 0 Å². The molecule has 20 nitrogen and oxygen atoms in total. The number of carbonyl (C=O) groups is 4. The van der Waals surface area contributed by atoms with Crippen LogP contribution in [0.2, 0.25) is 0 Å². The summed E-state index contributed by atoms with van der Waals surface area (Å²) in [6.07, 6.45) is 3.40. The molecule has 1 heterocycles. The van der Waals surface area contributed by atoms with Gasteiger partial charge in [0.2, 0.25) is 5.91 Å². The van der Waals surface area contributed by atoms with E-state index in [1.54, 1.807) is 4.90 Å². The fourth-order valence-corrected chi connectivity index (χ4v) is 5.77. The molecule has 1 aliphatic rings. The van der Waals surface area contributed by atoms with Gasteiger partial charge in [-0.05, 0) is 12.3 Å². The first kappa shape index (κ1) is 55.6. The molecule has 0 unspecified atom stereocenters. The van der Waals surface area contributed by atoms with E-state index in [1.807, 2.05) is 9.80 Å². The SMILES string of the molecule is CC(C)CCCC(=O)NCCOCCOCCOCCOCCOCCOCCOCCOCCNCN1CCN(CC=O)CCN(CC(=O)O)CCN(CC(=O)O)CC1. The Kier molecular flexibility index (Phi) is 37.6. The quantitative estimate of drug-likeness (QED) is 0.0439. The van der Waals surface area contributed by atoms with E-state index in [9.17, 15) is 29.4 Å². The molecule has 0 bridgehead atoms. The van der Waals surface area contributed by atoms with Crippen molar-refractivity contribution >= 4 is 24.1 Å². The normalized spacial score (nSPS) is 15.5. The van der Waals surface area contributed by atoms with Crippen LogP contribution in [-0.2, 0) is 57.1 Å². The zero-order chi connectivity index (χ0) is 43.7. The zero-order valence-electron chi connectivity index (χ0n) is 36.6. The van der Waals surface area contributed by atoms with Gasteiger partial charge >= 0.3 is 11.9 Å². The molecule has 20 heteroatoms. The molecule has 0 aromatic heterocycles. The summed E-state index contributed by atoms with van der Waals surface area (Å²) in [4.78, 5) is 53.6. The van der Waals surface area contributed by atoms with Gasteiger partial charge in [0.05, 0.1) is 125 Å². The van der Waals surface area contributed by atoms with Gasteiger partial charge in [-0.3, -0.25) is 34.0 Å². The summed E-state index contributed by atoms with van der Waals surface area (Å²) in [6, 6.07) is 0. The molecule has 4 N–H and O–H groups in total. The average molecular weight is 867 g/mol. The number of carboxylic acid groups (broad SMARTS) is 2. The van der Waals surface area contributed by atoms with E-state index in [0.717, 1.165) is 19.1 Å². The molecule has 60 heavy (non-hydrogen) atoms. The molecule has 0 aromatic rings. The molecule has 1 aliphatic heterocycles. The van der Waals surface area contributed by atoms with Crippen LogP contribution in [0.4, 0.5) is 0 Å². The van der Waals surface area contributed by atoms with Gasteiger partial charge in [-0.1, -0.05) is 20.3 Å². The van der Waals surface area contributed by atoms with Crippen molar-refractivity contribution in [3.63, 3.8) is 0 Å². The van der Waals surface area contributed by atoms with Crippen LogP contribution in [-0.4, -0.2) is 251 Å². The third kappa shape index (κ3) is 37.3. The molecule has 0 saturated carbocycles. The van der Waals surface area contributed by atoms with E-state index >= 15 is 0 Å². The molecule has 0 aliphatic carbocycles. The summed E-state index contributed by atoms with van der Waals surface area (Å²) in [5.41, 5.74) is 0. The molecule has 0 aromatic carbocycles. The number of hydrogen-bond acceptors (Lipinski definition) is 17. The average Bonchev–Trinajstić information content (AvgIpc) is 3.20. The molecular formula is C40H78N6O14. The standard InChI is InChI=1S/C40H78N6O14/c1-37(2)4-3-5-38(48)42-7-19-54-21-23-56-25-27-58-29-31-60-33-32-59-30-28-57-26-24-55-22-20-53-18-6-41-36-46-14-9-43(16-17-47)8-10-44(34-39(49)50)11-12-45(13-15-46)35-40(51)52/h17,37,41H,3-16,18-36H2,1-2H3,(H,42,48)(H,49,50)(H,51,52). The van der Waals surface area contributed by atoms with E-state index in [0.29, 0.717) is 190 Å². The number of nitrogens with zero attached hydrogens (tertiary/aromatic N) is 4. The van der Waals surface area contributed by atoms with Crippen molar-refractivity contribution in [1.29, 1.82) is 0 Å². The highest BCUT2D eigenvalue weighted by Crippen LogP contribution is 2.05. The molecule has 1 fully saturated rings. The Balaban J connectivity index is 1.94. The summed E-state index contributed by atoms with van der Waals surface area (Å²) in [5, 5.41) is 24.9. The summed E-state index contributed by atoms with van der Waals surface area (Å²) in [6.45, 7) is 17.8. The lowest BCUT2D eigenvalue weighted by Crippen LogP contribution is -2.49. The Hall–Kier alpha value is -2.44. The minimum atomic E-state index is -0.939.